The van der Waals surface area contributed by atoms with E-state index in [-0.39, 0.29) is 44.3 Å². The molecule has 0 bridgehead atoms. The number of benzene rings is 1. The van der Waals surface area contributed by atoms with E-state index in [1.54, 1.807) is 0 Å². The zero-order valence-electron chi connectivity index (χ0n) is 26.3. The summed E-state index contributed by atoms with van der Waals surface area (Å²) < 4.78 is 11.1. The first-order valence-corrected chi connectivity index (χ1v) is 14.8. The molecule has 238 valence electrons. The van der Waals surface area contributed by atoms with Crippen molar-refractivity contribution in [3.05, 3.63) is 35.4 Å². The lowest BCUT2D eigenvalue weighted by molar-refractivity contribution is -0.197. The Morgan fingerprint density at radius 2 is 1.02 bits per heavy atom. The van der Waals surface area contributed by atoms with Crippen LogP contribution in [0.1, 0.15) is 65.5 Å². The molecule has 2 aliphatic rings. The molecule has 1 aromatic carbocycles. The minimum Gasteiger partial charge on any atom is -0.459 e. The van der Waals surface area contributed by atoms with Crippen LogP contribution in [-0.2, 0) is 51.2 Å². The molecular weight excluding hydrogens is 556 g/mol. The molecular formula is C31H46N4O8. The Kier molecular flexibility index (Phi) is 11.8. The number of hydroxylamine groups is 2. The molecule has 0 unspecified atom stereocenters. The van der Waals surface area contributed by atoms with Gasteiger partial charge in [-0.2, -0.15) is 0 Å². The molecule has 43 heavy (non-hydrogen) atoms. The first kappa shape index (κ1) is 34.1. The van der Waals surface area contributed by atoms with Gasteiger partial charge >= 0.3 is 17.9 Å². The van der Waals surface area contributed by atoms with E-state index >= 15 is 0 Å². The molecule has 2 aliphatic heterocycles. The number of hydrogen-bond acceptors (Lipinski definition) is 11. The Labute approximate surface area is 254 Å². The van der Waals surface area contributed by atoms with E-state index in [0.29, 0.717) is 56.4 Å². The molecule has 12 nitrogen and oxygen atoms in total. The molecule has 2 heterocycles. The van der Waals surface area contributed by atoms with Gasteiger partial charge in [0.2, 0.25) is 0 Å². The summed E-state index contributed by atoms with van der Waals surface area (Å²) in [5, 5.41) is 0.555. The van der Waals surface area contributed by atoms with Gasteiger partial charge in [0.25, 0.3) is 11.8 Å². The third-order valence-corrected chi connectivity index (χ3v) is 6.72. The molecule has 2 amide bonds. The van der Waals surface area contributed by atoms with Crippen LogP contribution in [-0.4, -0.2) is 113 Å². The van der Waals surface area contributed by atoms with Crippen LogP contribution in [0.5, 0.6) is 0 Å². The first-order valence-electron chi connectivity index (χ1n) is 14.8. The van der Waals surface area contributed by atoms with Gasteiger partial charge in [-0.3, -0.25) is 33.9 Å². The lowest BCUT2D eigenvalue weighted by atomic mass is 10.1. The minimum absolute atomic E-state index is 0.0504. The zero-order valence-corrected chi connectivity index (χ0v) is 26.3. The Morgan fingerprint density at radius 1 is 0.628 bits per heavy atom. The number of esters is 2. The molecule has 3 rings (SSSR count). The van der Waals surface area contributed by atoms with Crippen molar-refractivity contribution >= 4 is 29.7 Å². The van der Waals surface area contributed by atoms with Crippen molar-refractivity contribution in [1.29, 1.82) is 0 Å². The van der Waals surface area contributed by atoms with Crippen LogP contribution < -0.4 is 0 Å². The fourth-order valence-electron chi connectivity index (χ4n) is 4.75. The lowest BCUT2D eigenvalue weighted by Gasteiger charge is -2.27. The standard InChI is InChI=1S/C31H46N4O8/c1-30(2,3)41-28(39)21-33-15-13-32(14-16-34(18-17-33)22-29(40)42-31(4,5)6)20-24-9-7-23(8-10-24)19-27(38)43-35-25(36)11-12-26(35)37/h7-10H,11-22H2,1-6H3. The topological polar surface area (TPSA) is 126 Å². The second-order valence-electron chi connectivity index (χ2n) is 13.0. The van der Waals surface area contributed by atoms with Crippen LogP contribution in [0.3, 0.4) is 0 Å². The van der Waals surface area contributed by atoms with Crippen LogP contribution >= 0.6 is 0 Å². The van der Waals surface area contributed by atoms with Crippen molar-refractivity contribution in [2.45, 2.75) is 78.6 Å². The lowest BCUT2D eigenvalue weighted by Crippen LogP contribution is -2.42. The van der Waals surface area contributed by atoms with Crippen molar-refractivity contribution in [2.75, 3.05) is 52.4 Å². The molecule has 12 heteroatoms. The monoisotopic (exact) mass is 602 g/mol. The van der Waals surface area contributed by atoms with Gasteiger partial charge in [0.05, 0.1) is 19.5 Å². The molecule has 0 aromatic heterocycles. The van der Waals surface area contributed by atoms with Gasteiger partial charge in [0.1, 0.15) is 11.2 Å². The fourth-order valence-corrected chi connectivity index (χ4v) is 4.75. The van der Waals surface area contributed by atoms with Gasteiger partial charge in [-0.25, -0.2) is 4.79 Å². The van der Waals surface area contributed by atoms with Gasteiger partial charge in [0, 0.05) is 58.7 Å². The summed E-state index contributed by atoms with van der Waals surface area (Å²) in [4.78, 5) is 72.2. The third kappa shape index (κ3) is 12.4. The van der Waals surface area contributed by atoms with Crippen molar-refractivity contribution in [3.8, 4) is 0 Å². The Balaban J connectivity index is 1.62. The normalized spacial score (nSPS) is 18.1. The molecule has 0 aliphatic carbocycles. The summed E-state index contributed by atoms with van der Waals surface area (Å²) >= 11 is 0. The van der Waals surface area contributed by atoms with Crippen LogP contribution in [0.15, 0.2) is 24.3 Å². The molecule has 0 radical (unpaired) electrons. The van der Waals surface area contributed by atoms with E-state index in [2.05, 4.69) is 14.7 Å². The highest BCUT2D eigenvalue weighted by Gasteiger charge is 2.33. The Hall–Kier alpha value is -3.35. The van der Waals surface area contributed by atoms with Crippen LogP contribution in [0, 0.1) is 0 Å². The summed E-state index contributed by atoms with van der Waals surface area (Å²) in [5.74, 6) is -2.26. The van der Waals surface area contributed by atoms with E-state index in [9.17, 15) is 24.0 Å². The zero-order chi connectivity index (χ0) is 31.8. The molecule has 2 fully saturated rings. The summed E-state index contributed by atoms with van der Waals surface area (Å²) in [6.45, 7) is 15.9. The number of rotatable bonds is 9. The van der Waals surface area contributed by atoms with Crippen molar-refractivity contribution in [2.24, 2.45) is 0 Å². The molecule has 0 saturated carbocycles. The second-order valence-corrected chi connectivity index (χ2v) is 13.0. The molecule has 0 N–H and O–H groups in total. The SMILES string of the molecule is CC(C)(C)OC(=O)CN1CCN(CC(=O)OC(C)(C)C)CCN(Cc2ccc(CC(=O)ON3C(=O)CCC3=O)cc2)CC1. The maximum Gasteiger partial charge on any atom is 0.337 e. The van der Waals surface area contributed by atoms with Crippen molar-refractivity contribution in [1.82, 2.24) is 19.8 Å². The van der Waals surface area contributed by atoms with Gasteiger partial charge in [0.15, 0.2) is 0 Å². The van der Waals surface area contributed by atoms with E-state index in [1.165, 1.54) is 0 Å². The van der Waals surface area contributed by atoms with Crippen LogP contribution in [0.2, 0.25) is 0 Å². The summed E-state index contributed by atoms with van der Waals surface area (Å²) in [5.41, 5.74) is 0.581. The van der Waals surface area contributed by atoms with Gasteiger partial charge in [-0.15, -0.1) is 5.06 Å². The number of carbonyl (C=O) groups excluding carboxylic acids is 5. The van der Waals surface area contributed by atoms with Crippen LogP contribution in [0.25, 0.3) is 0 Å². The molecule has 0 spiro atoms. The first-order chi connectivity index (χ1) is 20.1. The highest BCUT2D eigenvalue weighted by atomic mass is 16.7. The van der Waals surface area contributed by atoms with Crippen molar-refractivity contribution < 1.29 is 38.3 Å². The second kappa shape index (κ2) is 14.9. The fraction of sp³-hybridized carbons (Fsp3) is 0.645. The largest absolute Gasteiger partial charge is 0.459 e. The van der Waals surface area contributed by atoms with E-state index in [0.717, 1.165) is 5.56 Å². The van der Waals surface area contributed by atoms with Crippen molar-refractivity contribution in [3.63, 3.8) is 0 Å². The average Bonchev–Trinajstić information content (AvgIpc) is 3.22. The smallest absolute Gasteiger partial charge is 0.337 e. The molecule has 1 aromatic rings. The maximum atomic E-state index is 12.6. The van der Waals surface area contributed by atoms with Gasteiger partial charge < -0.3 is 14.3 Å². The summed E-state index contributed by atoms with van der Waals surface area (Å²) in [6, 6.07) is 7.50. The summed E-state index contributed by atoms with van der Waals surface area (Å²) in [7, 11) is 0. The number of ether oxygens (including phenoxy) is 2. The predicted molar refractivity (Wildman–Crippen MR) is 157 cm³/mol. The number of nitrogens with zero attached hydrogens (tertiary/aromatic N) is 4. The third-order valence-electron chi connectivity index (χ3n) is 6.72. The number of amides is 2. The van der Waals surface area contributed by atoms with Gasteiger partial charge in [-0.05, 0) is 52.7 Å². The predicted octanol–water partition coefficient (Wildman–Crippen LogP) is 1.94. The highest BCUT2D eigenvalue weighted by molar-refractivity contribution is 6.01. The average molecular weight is 603 g/mol. The minimum atomic E-state index is -0.675. The quantitative estimate of drug-likeness (QED) is 0.304. The molecule has 0 atom stereocenters. The van der Waals surface area contributed by atoms with Crippen LogP contribution in [0.4, 0.5) is 0 Å². The number of imide groups is 1. The highest BCUT2D eigenvalue weighted by Crippen LogP contribution is 2.15. The molecule has 2 saturated heterocycles. The van der Waals surface area contributed by atoms with E-state index in [4.69, 9.17) is 14.3 Å². The number of hydrogen-bond donors (Lipinski definition) is 0. The van der Waals surface area contributed by atoms with E-state index < -0.39 is 29.0 Å². The Morgan fingerprint density at radius 3 is 1.44 bits per heavy atom. The van der Waals surface area contributed by atoms with Gasteiger partial charge in [-0.1, -0.05) is 24.3 Å². The summed E-state index contributed by atoms with van der Waals surface area (Å²) in [6.07, 6.45) is 0.0317. The number of carbonyl (C=O) groups is 5. The van der Waals surface area contributed by atoms with E-state index in [1.807, 2.05) is 65.8 Å². The Bertz CT molecular complexity index is 1100. The maximum absolute atomic E-state index is 12.6.